The molecule has 94 valence electrons. The molecule has 2 atom stereocenters. The van der Waals surface area contributed by atoms with Crippen molar-refractivity contribution >= 4 is 0 Å². The van der Waals surface area contributed by atoms with Crippen LogP contribution in [0.5, 0.6) is 0 Å². The monoisotopic (exact) mass is 239 g/mol. The quantitative estimate of drug-likeness (QED) is 0.880. The van der Waals surface area contributed by atoms with Gasteiger partial charge in [-0.1, -0.05) is 13.3 Å². The zero-order valence-corrected chi connectivity index (χ0v) is 10.0. The van der Waals surface area contributed by atoms with E-state index in [0.29, 0.717) is 25.0 Å². The Balaban J connectivity index is 2.20. The summed E-state index contributed by atoms with van der Waals surface area (Å²) in [5.74, 6) is -0.438. The minimum atomic E-state index is -1.11. The maximum atomic E-state index is 13.7. The van der Waals surface area contributed by atoms with Gasteiger partial charge in [0.25, 0.3) is 0 Å². The van der Waals surface area contributed by atoms with Gasteiger partial charge in [-0.3, -0.25) is 4.98 Å². The molecule has 1 fully saturated rings. The number of halogens is 1. The normalized spacial score (nSPS) is 29.2. The molecule has 0 saturated carbocycles. The Bertz CT molecular complexity index is 383. The van der Waals surface area contributed by atoms with Crippen LogP contribution in [0.15, 0.2) is 18.5 Å². The van der Waals surface area contributed by atoms with Gasteiger partial charge in [0.2, 0.25) is 0 Å². The molecule has 0 bridgehead atoms. The Labute approximate surface area is 101 Å². The first-order chi connectivity index (χ1) is 8.15. The van der Waals surface area contributed by atoms with Crippen LogP contribution in [0.1, 0.15) is 38.2 Å². The number of pyridine rings is 1. The van der Waals surface area contributed by atoms with Gasteiger partial charge in [-0.15, -0.1) is 0 Å². The third kappa shape index (κ3) is 2.64. The maximum absolute atomic E-state index is 13.7. The van der Waals surface area contributed by atoms with E-state index < -0.39 is 11.4 Å². The fraction of sp³-hybridized carbons (Fsp3) is 0.615. The average Bonchev–Trinajstić information content (AvgIpc) is 2.30. The highest BCUT2D eigenvalue weighted by Crippen LogP contribution is 2.36. The molecular weight excluding hydrogens is 221 g/mol. The van der Waals surface area contributed by atoms with Crippen molar-refractivity contribution in [3.63, 3.8) is 0 Å². The fourth-order valence-corrected chi connectivity index (χ4v) is 2.44. The molecule has 0 amide bonds. The smallest absolute Gasteiger partial charge is 0.147 e. The molecule has 17 heavy (non-hydrogen) atoms. The summed E-state index contributed by atoms with van der Waals surface area (Å²) >= 11 is 0. The number of ether oxygens (including phenoxy) is 1. The van der Waals surface area contributed by atoms with Gasteiger partial charge in [0.15, 0.2) is 0 Å². The predicted molar refractivity (Wildman–Crippen MR) is 62.0 cm³/mol. The molecule has 0 aromatic carbocycles. The molecule has 1 aliphatic rings. The van der Waals surface area contributed by atoms with Gasteiger partial charge in [-0.25, -0.2) is 4.39 Å². The summed E-state index contributed by atoms with van der Waals surface area (Å²) in [7, 11) is 0. The van der Waals surface area contributed by atoms with E-state index in [1.54, 1.807) is 6.07 Å². The second-order valence-electron chi connectivity index (χ2n) is 4.62. The van der Waals surface area contributed by atoms with Crippen molar-refractivity contribution < 1.29 is 14.2 Å². The van der Waals surface area contributed by atoms with Crippen LogP contribution in [0.2, 0.25) is 0 Å². The summed E-state index contributed by atoms with van der Waals surface area (Å²) in [5.41, 5.74) is -0.762. The minimum absolute atomic E-state index is 0.0197. The zero-order valence-electron chi connectivity index (χ0n) is 10.0. The first-order valence-corrected chi connectivity index (χ1v) is 6.09. The summed E-state index contributed by atoms with van der Waals surface area (Å²) in [5, 5.41) is 10.6. The van der Waals surface area contributed by atoms with Crippen LogP contribution >= 0.6 is 0 Å². The number of aromatic nitrogens is 1. The highest BCUT2D eigenvalue weighted by atomic mass is 19.1. The van der Waals surface area contributed by atoms with E-state index in [2.05, 4.69) is 11.9 Å². The Morgan fingerprint density at radius 2 is 2.47 bits per heavy atom. The van der Waals surface area contributed by atoms with E-state index in [0.717, 1.165) is 19.0 Å². The van der Waals surface area contributed by atoms with Crippen molar-refractivity contribution in [3.05, 3.63) is 29.8 Å². The van der Waals surface area contributed by atoms with E-state index in [9.17, 15) is 9.50 Å². The summed E-state index contributed by atoms with van der Waals surface area (Å²) in [6.45, 7) is 2.55. The lowest BCUT2D eigenvalue weighted by Gasteiger charge is -2.37. The second kappa shape index (κ2) is 5.10. The van der Waals surface area contributed by atoms with Gasteiger partial charge in [0.1, 0.15) is 5.82 Å². The van der Waals surface area contributed by atoms with E-state index in [-0.39, 0.29) is 6.10 Å². The van der Waals surface area contributed by atoms with Crippen molar-refractivity contribution in [1.82, 2.24) is 4.98 Å². The van der Waals surface area contributed by atoms with Crippen LogP contribution in [0.25, 0.3) is 0 Å². The highest BCUT2D eigenvalue weighted by molar-refractivity contribution is 5.22. The second-order valence-corrected chi connectivity index (χ2v) is 4.62. The van der Waals surface area contributed by atoms with E-state index in [1.165, 1.54) is 6.20 Å². The standard InChI is InChI=1S/C13H18FNO2/c1-2-3-10-8-13(16,5-7-17-10)11-4-6-15-9-12(11)14/h4,6,9-10,16H,2-3,5,7-8H2,1H3. The van der Waals surface area contributed by atoms with Crippen LogP contribution in [-0.2, 0) is 10.3 Å². The Morgan fingerprint density at radius 3 is 3.18 bits per heavy atom. The Kier molecular flexibility index (Phi) is 3.74. The summed E-state index contributed by atoms with van der Waals surface area (Å²) in [6.07, 6.45) is 5.48. The van der Waals surface area contributed by atoms with Gasteiger partial charge in [-0.05, 0) is 12.5 Å². The van der Waals surface area contributed by atoms with Gasteiger partial charge in [0.05, 0.1) is 24.5 Å². The van der Waals surface area contributed by atoms with Crippen LogP contribution in [0.3, 0.4) is 0 Å². The molecule has 2 heterocycles. The number of aliphatic hydroxyl groups is 1. The summed E-state index contributed by atoms with van der Waals surface area (Å²) in [4.78, 5) is 3.71. The van der Waals surface area contributed by atoms with Crippen molar-refractivity contribution in [2.24, 2.45) is 0 Å². The van der Waals surface area contributed by atoms with Crippen LogP contribution in [0, 0.1) is 5.82 Å². The fourth-order valence-electron chi connectivity index (χ4n) is 2.44. The SMILES string of the molecule is CCCC1CC(O)(c2ccncc2F)CCO1. The molecule has 1 aromatic heterocycles. The molecule has 1 aliphatic heterocycles. The van der Waals surface area contributed by atoms with Crippen LogP contribution < -0.4 is 0 Å². The van der Waals surface area contributed by atoms with Gasteiger partial charge in [-0.2, -0.15) is 0 Å². The topological polar surface area (TPSA) is 42.4 Å². The molecule has 2 unspecified atom stereocenters. The van der Waals surface area contributed by atoms with E-state index in [1.807, 2.05) is 0 Å². The van der Waals surface area contributed by atoms with Crippen molar-refractivity contribution in [3.8, 4) is 0 Å². The molecule has 0 aliphatic carbocycles. The predicted octanol–water partition coefficient (Wildman–Crippen LogP) is 2.39. The van der Waals surface area contributed by atoms with Crippen molar-refractivity contribution in [2.75, 3.05) is 6.61 Å². The third-order valence-corrected chi connectivity index (χ3v) is 3.32. The summed E-state index contributed by atoms with van der Waals surface area (Å²) in [6, 6.07) is 1.56. The van der Waals surface area contributed by atoms with Gasteiger partial charge >= 0.3 is 0 Å². The third-order valence-electron chi connectivity index (χ3n) is 3.32. The van der Waals surface area contributed by atoms with Crippen LogP contribution in [-0.4, -0.2) is 22.8 Å². The molecule has 1 saturated heterocycles. The van der Waals surface area contributed by atoms with Crippen molar-refractivity contribution in [2.45, 2.75) is 44.3 Å². The first kappa shape index (κ1) is 12.5. The van der Waals surface area contributed by atoms with Gasteiger partial charge in [0, 0.05) is 24.6 Å². The molecule has 1 N–H and O–H groups in total. The largest absolute Gasteiger partial charge is 0.385 e. The molecule has 4 heteroatoms. The summed E-state index contributed by atoms with van der Waals surface area (Å²) < 4.78 is 19.2. The molecule has 2 rings (SSSR count). The Morgan fingerprint density at radius 1 is 1.65 bits per heavy atom. The zero-order chi connectivity index (χ0) is 12.3. The highest BCUT2D eigenvalue weighted by Gasteiger charge is 2.38. The number of nitrogens with zero attached hydrogens (tertiary/aromatic N) is 1. The number of rotatable bonds is 3. The van der Waals surface area contributed by atoms with E-state index in [4.69, 9.17) is 4.74 Å². The average molecular weight is 239 g/mol. The van der Waals surface area contributed by atoms with Crippen molar-refractivity contribution in [1.29, 1.82) is 0 Å². The lowest BCUT2D eigenvalue weighted by molar-refractivity contribution is -0.111. The molecule has 1 aromatic rings. The molecular formula is C13H18FNO2. The molecule has 0 radical (unpaired) electrons. The Hall–Kier alpha value is -1.00. The maximum Gasteiger partial charge on any atom is 0.147 e. The minimum Gasteiger partial charge on any atom is -0.385 e. The first-order valence-electron chi connectivity index (χ1n) is 6.09. The van der Waals surface area contributed by atoms with Crippen LogP contribution in [0.4, 0.5) is 4.39 Å². The molecule has 0 spiro atoms. The number of hydrogen-bond donors (Lipinski definition) is 1. The lowest BCUT2D eigenvalue weighted by Crippen LogP contribution is -2.39. The van der Waals surface area contributed by atoms with E-state index >= 15 is 0 Å². The number of hydrogen-bond acceptors (Lipinski definition) is 3. The lowest BCUT2D eigenvalue weighted by atomic mass is 9.83. The van der Waals surface area contributed by atoms with Gasteiger partial charge < -0.3 is 9.84 Å². The molecule has 3 nitrogen and oxygen atoms in total.